The monoisotopic (exact) mass is 326 g/mol. The molecule has 0 saturated carbocycles. The molecule has 2 aromatic rings. The summed E-state index contributed by atoms with van der Waals surface area (Å²) in [6, 6.07) is 4.13. The van der Waals surface area contributed by atoms with Gasteiger partial charge < -0.3 is 11.1 Å². The van der Waals surface area contributed by atoms with Gasteiger partial charge in [-0.15, -0.1) is 0 Å². The Labute approximate surface area is 130 Å². The molecule has 0 aliphatic heterocycles. The van der Waals surface area contributed by atoms with Crippen molar-refractivity contribution >= 4 is 40.6 Å². The van der Waals surface area contributed by atoms with E-state index in [1.165, 1.54) is 29.7 Å². The van der Waals surface area contributed by atoms with Gasteiger partial charge in [0.1, 0.15) is 11.6 Å². The Balaban J connectivity index is 1.71. The van der Waals surface area contributed by atoms with Gasteiger partial charge in [-0.1, -0.05) is 11.8 Å². The number of thioether (sulfide) groups is 1. The third-order valence-corrected chi connectivity index (χ3v) is 4.57. The zero-order chi connectivity index (χ0) is 15.2. The van der Waals surface area contributed by atoms with Crippen LogP contribution in [0.1, 0.15) is 18.7 Å². The van der Waals surface area contributed by atoms with Crippen molar-refractivity contribution in [1.29, 1.82) is 0 Å². The van der Waals surface area contributed by atoms with E-state index in [1.54, 1.807) is 11.8 Å². The van der Waals surface area contributed by atoms with Crippen LogP contribution in [0.2, 0.25) is 0 Å². The molecular weight excluding hydrogens is 311 g/mol. The maximum atomic E-state index is 13.0. The fourth-order valence-electron chi connectivity index (χ4n) is 1.57. The summed E-state index contributed by atoms with van der Waals surface area (Å²) in [6.07, 6.45) is 1.12. The number of hydrogen-bond acceptors (Lipinski definition) is 6. The molecule has 5 nitrogen and oxygen atoms in total. The third kappa shape index (κ3) is 4.98. The summed E-state index contributed by atoms with van der Waals surface area (Å²) in [5.74, 6) is 0.967. The standard InChI is InChI=1S/C13H15FN4OS2/c1-8-16-13(21-18-8)20-6-2-3-12(19)17-9-4-5-10(14)11(15)7-9/h4-5,7H,2-3,6,15H2,1H3,(H,17,19). The van der Waals surface area contributed by atoms with Crippen molar-refractivity contribution in [2.24, 2.45) is 0 Å². The number of anilines is 2. The smallest absolute Gasteiger partial charge is 0.224 e. The largest absolute Gasteiger partial charge is 0.396 e. The Bertz CT molecular complexity index is 632. The van der Waals surface area contributed by atoms with Crippen molar-refractivity contribution in [3.63, 3.8) is 0 Å². The maximum Gasteiger partial charge on any atom is 0.224 e. The molecule has 21 heavy (non-hydrogen) atoms. The molecule has 1 aromatic carbocycles. The molecule has 0 atom stereocenters. The molecule has 2 rings (SSSR count). The molecule has 1 heterocycles. The number of nitrogens with zero attached hydrogens (tertiary/aromatic N) is 2. The van der Waals surface area contributed by atoms with Crippen LogP contribution in [0.25, 0.3) is 0 Å². The van der Waals surface area contributed by atoms with E-state index in [9.17, 15) is 9.18 Å². The van der Waals surface area contributed by atoms with Gasteiger partial charge >= 0.3 is 0 Å². The van der Waals surface area contributed by atoms with Crippen molar-refractivity contribution in [2.75, 3.05) is 16.8 Å². The van der Waals surface area contributed by atoms with Crippen LogP contribution in [-0.4, -0.2) is 21.0 Å². The van der Waals surface area contributed by atoms with Gasteiger partial charge in [-0.2, -0.15) is 4.37 Å². The predicted octanol–water partition coefficient (Wildman–Crippen LogP) is 3.08. The zero-order valence-corrected chi connectivity index (χ0v) is 13.1. The minimum atomic E-state index is -0.489. The summed E-state index contributed by atoms with van der Waals surface area (Å²) in [6.45, 7) is 1.85. The van der Waals surface area contributed by atoms with Crippen molar-refractivity contribution < 1.29 is 9.18 Å². The van der Waals surface area contributed by atoms with Crippen LogP contribution in [-0.2, 0) is 4.79 Å². The van der Waals surface area contributed by atoms with Crippen LogP contribution >= 0.6 is 23.3 Å². The Kier molecular flexibility index (Phi) is 5.51. The van der Waals surface area contributed by atoms with Crippen molar-refractivity contribution in [3.8, 4) is 0 Å². The number of nitrogens with one attached hydrogen (secondary N) is 1. The lowest BCUT2D eigenvalue weighted by Gasteiger charge is -2.06. The summed E-state index contributed by atoms with van der Waals surface area (Å²) in [4.78, 5) is 16.0. The number of carbonyl (C=O) groups is 1. The van der Waals surface area contributed by atoms with Crippen LogP contribution in [0.4, 0.5) is 15.8 Å². The fraction of sp³-hybridized carbons (Fsp3) is 0.308. The fourth-order valence-corrected chi connectivity index (χ4v) is 3.23. The lowest BCUT2D eigenvalue weighted by Crippen LogP contribution is -2.11. The molecule has 1 aromatic heterocycles. The number of aromatic nitrogens is 2. The molecule has 8 heteroatoms. The minimum Gasteiger partial charge on any atom is -0.396 e. The first-order chi connectivity index (χ1) is 10.0. The minimum absolute atomic E-state index is 0.0231. The number of carbonyl (C=O) groups excluding carboxylic acids is 1. The third-order valence-electron chi connectivity index (χ3n) is 2.56. The normalized spacial score (nSPS) is 10.6. The summed E-state index contributed by atoms with van der Waals surface area (Å²) < 4.78 is 18.0. The molecular formula is C13H15FN4OS2. The second-order valence-electron chi connectivity index (χ2n) is 4.34. The highest BCUT2D eigenvalue weighted by Gasteiger charge is 2.06. The molecule has 0 aliphatic carbocycles. The molecule has 1 amide bonds. The van der Waals surface area contributed by atoms with Gasteiger partial charge in [-0.25, -0.2) is 9.37 Å². The quantitative estimate of drug-likeness (QED) is 0.484. The molecule has 0 bridgehead atoms. The molecule has 0 aliphatic rings. The van der Waals surface area contributed by atoms with E-state index >= 15 is 0 Å². The number of nitrogens with two attached hydrogens (primary N) is 1. The summed E-state index contributed by atoms with van der Waals surface area (Å²) >= 11 is 2.96. The van der Waals surface area contributed by atoms with Gasteiger partial charge in [-0.05, 0) is 43.1 Å². The number of amides is 1. The van der Waals surface area contributed by atoms with Gasteiger partial charge in [0.25, 0.3) is 0 Å². The summed E-state index contributed by atoms with van der Waals surface area (Å²) in [5.41, 5.74) is 5.97. The number of nitrogen functional groups attached to an aromatic ring is 1. The van der Waals surface area contributed by atoms with E-state index < -0.39 is 5.82 Å². The molecule has 3 N–H and O–H groups in total. The summed E-state index contributed by atoms with van der Waals surface area (Å²) in [7, 11) is 0. The van der Waals surface area contributed by atoms with Gasteiger partial charge in [0.05, 0.1) is 5.69 Å². The zero-order valence-electron chi connectivity index (χ0n) is 11.4. The predicted molar refractivity (Wildman–Crippen MR) is 84.0 cm³/mol. The van der Waals surface area contributed by atoms with E-state index in [2.05, 4.69) is 14.7 Å². The highest BCUT2D eigenvalue weighted by molar-refractivity contribution is 8.00. The highest BCUT2D eigenvalue weighted by Crippen LogP contribution is 2.21. The van der Waals surface area contributed by atoms with Crippen LogP contribution in [0.5, 0.6) is 0 Å². The Hall–Kier alpha value is -1.67. The van der Waals surface area contributed by atoms with E-state index in [0.29, 0.717) is 12.1 Å². The molecule has 0 fully saturated rings. The first-order valence-electron chi connectivity index (χ1n) is 6.32. The Morgan fingerprint density at radius 3 is 3.00 bits per heavy atom. The maximum absolute atomic E-state index is 13.0. The molecule has 0 saturated heterocycles. The number of halogens is 1. The van der Waals surface area contributed by atoms with Gasteiger partial charge in [0.2, 0.25) is 5.91 Å². The van der Waals surface area contributed by atoms with E-state index in [-0.39, 0.29) is 11.6 Å². The Morgan fingerprint density at radius 1 is 1.52 bits per heavy atom. The molecule has 0 spiro atoms. The lowest BCUT2D eigenvalue weighted by molar-refractivity contribution is -0.116. The topological polar surface area (TPSA) is 80.9 Å². The van der Waals surface area contributed by atoms with Crippen molar-refractivity contribution in [3.05, 3.63) is 29.8 Å². The van der Waals surface area contributed by atoms with Gasteiger partial charge in [0, 0.05) is 17.9 Å². The number of benzene rings is 1. The molecule has 0 radical (unpaired) electrons. The number of aryl methyl sites for hydroxylation is 1. The highest BCUT2D eigenvalue weighted by atomic mass is 32.2. The first kappa shape index (κ1) is 15.7. The van der Waals surface area contributed by atoms with E-state index in [4.69, 9.17) is 5.73 Å². The number of hydrogen-bond donors (Lipinski definition) is 2. The average molecular weight is 326 g/mol. The van der Waals surface area contributed by atoms with Crippen LogP contribution in [0.3, 0.4) is 0 Å². The average Bonchev–Trinajstić information content (AvgIpc) is 2.85. The van der Waals surface area contributed by atoms with Crippen molar-refractivity contribution in [1.82, 2.24) is 9.36 Å². The van der Waals surface area contributed by atoms with Crippen LogP contribution < -0.4 is 11.1 Å². The Morgan fingerprint density at radius 2 is 2.33 bits per heavy atom. The SMILES string of the molecule is Cc1nsc(SCCCC(=O)Nc2ccc(F)c(N)c2)n1. The van der Waals surface area contributed by atoms with Crippen LogP contribution in [0.15, 0.2) is 22.5 Å². The van der Waals surface area contributed by atoms with E-state index in [0.717, 1.165) is 22.3 Å². The summed E-state index contributed by atoms with van der Waals surface area (Å²) in [5, 5.41) is 2.69. The number of rotatable bonds is 6. The van der Waals surface area contributed by atoms with E-state index in [1.807, 2.05) is 6.92 Å². The van der Waals surface area contributed by atoms with Crippen molar-refractivity contribution in [2.45, 2.75) is 24.1 Å². The van der Waals surface area contributed by atoms with Gasteiger partial charge in [-0.3, -0.25) is 4.79 Å². The second-order valence-corrected chi connectivity index (χ2v) is 6.44. The first-order valence-corrected chi connectivity index (χ1v) is 8.08. The van der Waals surface area contributed by atoms with Gasteiger partial charge in [0.15, 0.2) is 4.34 Å². The molecule has 112 valence electrons. The molecule has 0 unspecified atom stereocenters. The second kappa shape index (κ2) is 7.37. The lowest BCUT2D eigenvalue weighted by atomic mass is 10.2. The van der Waals surface area contributed by atoms with Crippen LogP contribution in [0, 0.1) is 12.7 Å².